The zero-order valence-electron chi connectivity index (χ0n) is 16.5. The minimum atomic E-state index is -0.630. The molecule has 1 aliphatic rings. The van der Waals surface area contributed by atoms with Gasteiger partial charge in [0.05, 0.1) is 21.8 Å². The molecule has 3 N–H and O–H groups in total. The minimum absolute atomic E-state index is 0.0639. The van der Waals surface area contributed by atoms with Crippen LogP contribution in [-0.2, 0) is 5.75 Å². The van der Waals surface area contributed by atoms with Crippen molar-refractivity contribution in [2.24, 2.45) is 0 Å². The number of aromatic hydroxyl groups is 1. The second kappa shape index (κ2) is 8.29. The quantitative estimate of drug-likeness (QED) is 0.304. The van der Waals surface area contributed by atoms with Crippen molar-refractivity contribution in [3.63, 3.8) is 0 Å². The highest BCUT2D eigenvalue weighted by Gasteiger charge is 2.39. The van der Waals surface area contributed by atoms with Gasteiger partial charge >= 0.3 is 11.3 Å². The highest BCUT2D eigenvalue weighted by atomic mass is 35.5. The van der Waals surface area contributed by atoms with Gasteiger partial charge in [0, 0.05) is 10.9 Å². The van der Waals surface area contributed by atoms with Crippen molar-refractivity contribution >= 4 is 29.1 Å². The van der Waals surface area contributed by atoms with Gasteiger partial charge in [0.2, 0.25) is 5.16 Å². The lowest BCUT2D eigenvalue weighted by atomic mass is 10.0. The van der Waals surface area contributed by atoms with Gasteiger partial charge in [-0.05, 0) is 40.6 Å². The molecule has 160 valence electrons. The standard InChI is InChI=1S/C23H16ClFN4O2S/c24-19-15(8-5-11-18(19)30)21-26-17-10-4-2-7-14(17)20-22(31)27-23(28-29(20)21)32-12-13-6-1-3-9-16(13)25/h1-11,21H,12H2,(H2,27,28,30,31)/p+1/t21-/m1/s1. The molecule has 1 aromatic heterocycles. The fourth-order valence-electron chi connectivity index (χ4n) is 3.67. The van der Waals surface area contributed by atoms with Gasteiger partial charge in [-0.3, -0.25) is 9.78 Å². The molecule has 1 atom stereocenters. The number of nitrogens with zero attached hydrogens (tertiary/aromatic N) is 2. The molecule has 0 amide bonds. The Morgan fingerprint density at radius 2 is 1.88 bits per heavy atom. The van der Waals surface area contributed by atoms with Crippen molar-refractivity contribution in [1.29, 1.82) is 0 Å². The van der Waals surface area contributed by atoms with E-state index >= 15 is 0 Å². The van der Waals surface area contributed by atoms with Crippen molar-refractivity contribution in [2.45, 2.75) is 17.1 Å². The third-order valence-corrected chi connectivity index (χ3v) is 6.53. The molecule has 5 rings (SSSR count). The zero-order chi connectivity index (χ0) is 22.2. The maximum atomic E-state index is 14.0. The van der Waals surface area contributed by atoms with Crippen molar-refractivity contribution in [1.82, 2.24) is 10.1 Å². The molecule has 0 unspecified atom stereocenters. The van der Waals surface area contributed by atoms with Crippen LogP contribution in [0.2, 0.25) is 5.02 Å². The van der Waals surface area contributed by atoms with Gasteiger partial charge in [-0.1, -0.05) is 59.8 Å². The summed E-state index contributed by atoms with van der Waals surface area (Å²) in [7, 11) is 0. The van der Waals surface area contributed by atoms with E-state index in [0.29, 0.717) is 33.3 Å². The Morgan fingerprint density at radius 1 is 1.09 bits per heavy atom. The molecule has 0 saturated carbocycles. The van der Waals surface area contributed by atoms with Crippen LogP contribution in [0.5, 0.6) is 5.75 Å². The summed E-state index contributed by atoms with van der Waals surface area (Å²) < 4.78 is 15.6. The fraction of sp³-hybridized carbons (Fsp3) is 0.0870. The normalized spacial score (nSPS) is 14.4. The lowest BCUT2D eigenvalue weighted by Gasteiger charge is -2.23. The van der Waals surface area contributed by atoms with Gasteiger partial charge in [0.1, 0.15) is 11.6 Å². The van der Waals surface area contributed by atoms with Gasteiger partial charge in [-0.25, -0.2) is 4.39 Å². The first-order valence-corrected chi connectivity index (χ1v) is 11.1. The molecule has 0 bridgehead atoms. The van der Waals surface area contributed by atoms with E-state index in [1.807, 2.05) is 24.3 Å². The number of fused-ring (bicyclic) bond motifs is 3. The predicted octanol–water partition coefficient (Wildman–Crippen LogP) is 4.49. The zero-order valence-corrected chi connectivity index (χ0v) is 18.1. The Morgan fingerprint density at radius 3 is 2.72 bits per heavy atom. The SMILES string of the molecule is O=c1[nH]c(SCc2ccccc2F)n[n+]2c1-c1ccccc1N[C@H]2c1cccc(O)c1Cl. The number of halogens is 2. The number of thioether (sulfide) groups is 1. The summed E-state index contributed by atoms with van der Waals surface area (Å²) in [4.78, 5) is 15.9. The van der Waals surface area contributed by atoms with Crippen LogP contribution in [0.1, 0.15) is 17.3 Å². The number of aromatic nitrogens is 3. The van der Waals surface area contributed by atoms with Crippen LogP contribution in [-0.4, -0.2) is 15.2 Å². The lowest BCUT2D eigenvalue weighted by Crippen LogP contribution is -2.55. The maximum absolute atomic E-state index is 14.0. The third kappa shape index (κ3) is 3.61. The summed E-state index contributed by atoms with van der Waals surface area (Å²) in [5, 5.41) is 18.6. The number of para-hydroxylation sites is 1. The molecule has 0 aliphatic carbocycles. The molecule has 0 fully saturated rings. The predicted molar refractivity (Wildman–Crippen MR) is 121 cm³/mol. The molecule has 9 heteroatoms. The van der Waals surface area contributed by atoms with Gasteiger partial charge in [0.15, 0.2) is 0 Å². The summed E-state index contributed by atoms with van der Waals surface area (Å²) in [6.45, 7) is 0. The number of aromatic amines is 1. The van der Waals surface area contributed by atoms with E-state index in [-0.39, 0.29) is 22.1 Å². The molecular weight excluding hydrogens is 451 g/mol. The smallest absolute Gasteiger partial charge is 0.325 e. The second-order valence-corrected chi connectivity index (χ2v) is 8.55. The highest BCUT2D eigenvalue weighted by Crippen LogP contribution is 2.36. The molecule has 4 aromatic rings. The Hall–Kier alpha value is -3.36. The number of phenolic OH excluding ortho intramolecular Hbond substituents is 1. The topological polar surface area (TPSA) is 81.9 Å². The van der Waals surface area contributed by atoms with Gasteiger partial charge in [-0.15, -0.1) is 0 Å². The summed E-state index contributed by atoms with van der Waals surface area (Å²) >= 11 is 7.62. The van der Waals surface area contributed by atoms with Crippen LogP contribution in [0.25, 0.3) is 11.3 Å². The third-order valence-electron chi connectivity index (χ3n) is 5.21. The Balaban J connectivity index is 1.62. The van der Waals surface area contributed by atoms with E-state index in [1.54, 1.807) is 35.0 Å². The number of hydrogen-bond donors (Lipinski definition) is 3. The van der Waals surface area contributed by atoms with E-state index in [2.05, 4.69) is 15.4 Å². The van der Waals surface area contributed by atoms with E-state index < -0.39 is 6.17 Å². The highest BCUT2D eigenvalue weighted by molar-refractivity contribution is 7.98. The van der Waals surface area contributed by atoms with Crippen molar-refractivity contribution < 1.29 is 14.2 Å². The number of rotatable bonds is 4. The maximum Gasteiger partial charge on any atom is 0.325 e. The largest absolute Gasteiger partial charge is 0.506 e. The fourth-order valence-corrected chi connectivity index (χ4v) is 4.74. The number of phenols is 1. The molecule has 2 heterocycles. The second-order valence-electron chi connectivity index (χ2n) is 7.21. The number of benzene rings is 3. The summed E-state index contributed by atoms with van der Waals surface area (Å²) in [5.41, 5.74) is 2.55. The molecule has 0 spiro atoms. The van der Waals surface area contributed by atoms with Crippen LogP contribution >= 0.6 is 23.4 Å². The minimum Gasteiger partial charge on any atom is -0.506 e. The van der Waals surface area contributed by atoms with Crippen molar-refractivity contribution in [3.8, 4) is 17.0 Å². The molecular formula is C23H17ClFN4O2S+. The Kier molecular flexibility index (Phi) is 5.32. The Labute approximate surface area is 191 Å². The lowest BCUT2D eigenvalue weighted by molar-refractivity contribution is -0.759. The number of anilines is 1. The van der Waals surface area contributed by atoms with E-state index in [4.69, 9.17) is 11.6 Å². The van der Waals surface area contributed by atoms with E-state index in [0.717, 1.165) is 5.69 Å². The van der Waals surface area contributed by atoms with Crippen LogP contribution in [0, 0.1) is 5.82 Å². The Bertz CT molecular complexity index is 1390. The first kappa shape index (κ1) is 20.5. The number of hydrogen-bond acceptors (Lipinski definition) is 5. The molecule has 0 radical (unpaired) electrons. The van der Waals surface area contributed by atoms with Gasteiger partial charge < -0.3 is 10.4 Å². The van der Waals surface area contributed by atoms with Crippen LogP contribution < -0.4 is 15.6 Å². The van der Waals surface area contributed by atoms with Crippen molar-refractivity contribution in [3.05, 3.63) is 99.1 Å². The van der Waals surface area contributed by atoms with Crippen molar-refractivity contribution in [2.75, 3.05) is 5.32 Å². The molecule has 0 saturated heterocycles. The summed E-state index contributed by atoms with van der Waals surface area (Å²) in [6.07, 6.45) is -0.630. The summed E-state index contributed by atoms with van der Waals surface area (Å²) in [5.74, 6) is -0.0739. The first-order valence-electron chi connectivity index (χ1n) is 9.78. The molecule has 3 aromatic carbocycles. The van der Waals surface area contributed by atoms with Gasteiger partial charge in [0.25, 0.3) is 6.17 Å². The average Bonchev–Trinajstić information content (AvgIpc) is 2.80. The molecule has 1 aliphatic heterocycles. The first-order chi connectivity index (χ1) is 15.5. The number of H-pyrrole nitrogens is 1. The van der Waals surface area contributed by atoms with Crippen LogP contribution in [0.15, 0.2) is 76.7 Å². The van der Waals surface area contributed by atoms with Crippen LogP contribution in [0.4, 0.5) is 10.1 Å². The number of nitrogens with one attached hydrogen (secondary N) is 2. The average molecular weight is 468 g/mol. The molecule has 6 nitrogen and oxygen atoms in total. The van der Waals surface area contributed by atoms with E-state index in [9.17, 15) is 14.3 Å². The van der Waals surface area contributed by atoms with Gasteiger partial charge in [-0.2, -0.15) is 0 Å². The monoisotopic (exact) mass is 467 g/mol. The summed E-state index contributed by atoms with van der Waals surface area (Å²) in [6, 6.07) is 18.8. The van der Waals surface area contributed by atoms with Crippen LogP contribution in [0.3, 0.4) is 0 Å². The molecule has 32 heavy (non-hydrogen) atoms. The van der Waals surface area contributed by atoms with E-state index in [1.165, 1.54) is 23.9 Å².